The average molecular weight is 260 g/mol. The zero-order valence-electron chi connectivity index (χ0n) is 12.2. The number of likely N-dealkylation sites (N-methyl/N-ethyl adjacent to an activating group) is 1. The predicted octanol–water partition coefficient (Wildman–Crippen LogP) is 2.37. The van der Waals surface area contributed by atoms with E-state index >= 15 is 0 Å². The van der Waals surface area contributed by atoms with Gasteiger partial charge in [-0.05, 0) is 37.6 Å². The molecule has 19 heavy (non-hydrogen) atoms. The van der Waals surface area contributed by atoms with Gasteiger partial charge in [0.2, 0.25) is 0 Å². The average Bonchev–Trinajstić information content (AvgIpc) is 2.83. The molecule has 2 heterocycles. The van der Waals surface area contributed by atoms with Gasteiger partial charge in [-0.1, -0.05) is 13.8 Å². The molecule has 2 fully saturated rings. The molecule has 104 valence electrons. The standard InChI is InChI=1S/C16H24N2O/c1-16(2)14(13-7-11-19-15(13)16)18(3)10-6-12-4-8-17-9-5-12/h4-5,8-9,13-15H,6-7,10-11H2,1-3H3/t13-,14-,15+/m1/s1. The minimum Gasteiger partial charge on any atom is -0.377 e. The summed E-state index contributed by atoms with van der Waals surface area (Å²) in [6, 6.07) is 4.89. The Labute approximate surface area is 116 Å². The molecule has 1 saturated heterocycles. The topological polar surface area (TPSA) is 25.4 Å². The van der Waals surface area contributed by atoms with Gasteiger partial charge in [-0.15, -0.1) is 0 Å². The van der Waals surface area contributed by atoms with E-state index in [1.165, 1.54) is 12.0 Å². The van der Waals surface area contributed by atoms with Crippen molar-refractivity contribution < 1.29 is 4.74 Å². The Morgan fingerprint density at radius 3 is 2.84 bits per heavy atom. The van der Waals surface area contributed by atoms with Gasteiger partial charge in [-0.3, -0.25) is 4.98 Å². The second-order valence-corrected chi connectivity index (χ2v) is 6.60. The van der Waals surface area contributed by atoms with E-state index in [0.29, 0.717) is 17.6 Å². The van der Waals surface area contributed by atoms with Gasteiger partial charge in [0.05, 0.1) is 6.10 Å². The molecule has 0 spiro atoms. The van der Waals surface area contributed by atoms with Crippen LogP contribution in [0.4, 0.5) is 0 Å². The molecule has 0 N–H and O–H groups in total. The van der Waals surface area contributed by atoms with Gasteiger partial charge in [0.1, 0.15) is 0 Å². The van der Waals surface area contributed by atoms with Crippen LogP contribution in [-0.4, -0.2) is 42.2 Å². The summed E-state index contributed by atoms with van der Waals surface area (Å²) in [5.41, 5.74) is 1.67. The molecule has 0 unspecified atom stereocenters. The highest BCUT2D eigenvalue weighted by Crippen LogP contribution is 2.54. The largest absolute Gasteiger partial charge is 0.377 e. The first-order valence-electron chi connectivity index (χ1n) is 7.31. The van der Waals surface area contributed by atoms with Crippen molar-refractivity contribution in [2.75, 3.05) is 20.2 Å². The second kappa shape index (κ2) is 4.88. The number of hydrogen-bond acceptors (Lipinski definition) is 3. The SMILES string of the molecule is CN(CCc1ccncc1)[C@@H]1[C@H]2CCO[C@@H]2C1(C)C. The molecule has 0 radical (unpaired) electrons. The van der Waals surface area contributed by atoms with Crippen LogP contribution in [0.1, 0.15) is 25.8 Å². The van der Waals surface area contributed by atoms with Crippen molar-refractivity contribution in [1.29, 1.82) is 0 Å². The highest BCUT2D eigenvalue weighted by atomic mass is 16.5. The van der Waals surface area contributed by atoms with E-state index in [-0.39, 0.29) is 0 Å². The van der Waals surface area contributed by atoms with Crippen LogP contribution in [0, 0.1) is 11.3 Å². The number of pyridine rings is 1. The number of aromatic nitrogens is 1. The fraction of sp³-hybridized carbons (Fsp3) is 0.688. The number of nitrogens with zero attached hydrogens (tertiary/aromatic N) is 2. The summed E-state index contributed by atoms with van der Waals surface area (Å²) in [7, 11) is 2.27. The molecule has 3 atom stereocenters. The van der Waals surface area contributed by atoms with Crippen LogP contribution in [0.2, 0.25) is 0 Å². The van der Waals surface area contributed by atoms with Crippen LogP contribution < -0.4 is 0 Å². The summed E-state index contributed by atoms with van der Waals surface area (Å²) >= 11 is 0. The fourth-order valence-electron chi connectivity index (χ4n) is 4.19. The van der Waals surface area contributed by atoms with E-state index in [0.717, 1.165) is 25.5 Å². The zero-order valence-corrected chi connectivity index (χ0v) is 12.2. The lowest BCUT2D eigenvalue weighted by atomic mass is 9.57. The van der Waals surface area contributed by atoms with Gasteiger partial charge in [0.25, 0.3) is 0 Å². The highest BCUT2D eigenvalue weighted by molar-refractivity contribution is 5.13. The Kier molecular flexibility index (Phi) is 3.35. The van der Waals surface area contributed by atoms with Crippen LogP contribution in [-0.2, 0) is 11.2 Å². The number of hydrogen-bond donors (Lipinski definition) is 0. The fourth-order valence-corrected chi connectivity index (χ4v) is 4.19. The van der Waals surface area contributed by atoms with Crippen molar-refractivity contribution in [3.63, 3.8) is 0 Å². The van der Waals surface area contributed by atoms with E-state index in [1.807, 2.05) is 12.4 Å². The predicted molar refractivity (Wildman–Crippen MR) is 76.0 cm³/mol. The maximum absolute atomic E-state index is 5.88. The van der Waals surface area contributed by atoms with Crippen molar-refractivity contribution in [2.24, 2.45) is 11.3 Å². The lowest BCUT2D eigenvalue weighted by Gasteiger charge is -2.58. The number of fused-ring (bicyclic) bond motifs is 1. The van der Waals surface area contributed by atoms with Gasteiger partial charge in [-0.2, -0.15) is 0 Å². The van der Waals surface area contributed by atoms with Gasteiger partial charge in [-0.25, -0.2) is 0 Å². The molecule has 1 aromatic heterocycles. The summed E-state index contributed by atoms with van der Waals surface area (Å²) in [6.07, 6.45) is 6.58. The molecule has 0 bridgehead atoms. The molecule has 1 aliphatic carbocycles. The normalized spacial score (nSPS) is 32.1. The number of rotatable bonds is 4. The monoisotopic (exact) mass is 260 g/mol. The van der Waals surface area contributed by atoms with Gasteiger partial charge >= 0.3 is 0 Å². The van der Waals surface area contributed by atoms with Crippen LogP contribution in [0.15, 0.2) is 24.5 Å². The lowest BCUT2D eigenvalue weighted by molar-refractivity contribution is -0.149. The first-order chi connectivity index (χ1) is 9.10. The Morgan fingerprint density at radius 1 is 1.37 bits per heavy atom. The lowest BCUT2D eigenvalue weighted by Crippen LogP contribution is -2.66. The summed E-state index contributed by atoms with van der Waals surface area (Å²) in [5.74, 6) is 0.748. The van der Waals surface area contributed by atoms with E-state index in [4.69, 9.17) is 4.74 Å². The summed E-state index contributed by atoms with van der Waals surface area (Å²) < 4.78 is 5.88. The minimum absolute atomic E-state index is 0.300. The molecule has 1 aromatic rings. The summed E-state index contributed by atoms with van der Waals surface area (Å²) in [5, 5.41) is 0. The maximum atomic E-state index is 5.88. The van der Waals surface area contributed by atoms with Crippen LogP contribution in [0.3, 0.4) is 0 Å². The molecule has 3 rings (SSSR count). The summed E-state index contributed by atoms with van der Waals surface area (Å²) in [4.78, 5) is 6.61. The van der Waals surface area contributed by atoms with E-state index in [2.05, 4.69) is 42.9 Å². The number of ether oxygens (including phenoxy) is 1. The molecule has 1 saturated carbocycles. The maximum Gasteiger partial charge on any atom is 0.0685 e. The first-order valence-corrected chi connectivity index (χ1v) is 7.31. The molecule has 2 aliphatic rings. The Hall–Kier alpha value is -0.930. The molecule has 3 nitrogen and oxygen atoms in total. The van der Waals surface area contributed by atoms with Crippen molar-refractivity contribution in [2.45, 2.75) is 38.8 Å². The molecule has 0 aromatic carbocycles. The highest BCUT2D eigenvalue weighted by Gasteiger charge is 2.60. The molecule has 3 heteroatoms. The van der Waals surface area contributed by atoms with Crippen molar-refractivity contribution in [3.8, 4) is 0 Å². The van der Waals surface area contributed by atoms with Crippen molar-refractivity contribution in [3.05, 3.63) is 30.1 Å². The van der Waals surface area contributed by atoms with Crippen LogP contribution in [0.5, 0.6) is 0 Å². The molecule has 0 amide bonds. The van der Waals surface area contributed by atoms with E-state index in [1.54, 1.807) is 0 Å². The van der Waals surface area contributed by atoms with Gasteiger partial charge < -0.3 is 9.64 Å². The van der Waals surface area contributed by atoms with E-state index < -0.39 is 0 Å². The summed E-state index contributed by atoms with van der Waals surface area (Å²) in [6.45, 7) is 6.77. The second-order valence-electron chi connectivity index (χ2n) is 6.60. The van der Waals surface area contributed by atoms with E-state index in [9.17, 15) is 0 Å². The third-order valence-electron chi connectivity index (χ3n) is 5.02. The van der Waals surface area contributed by atoms with Crippen molar-refractivity contribution in [1.82, 2.24) is 9.88 Å². The van der Waals surface area contributed by atoms with Crippen molar-refractivity contribution >= 4 is 0 Å². The molecular formula is C16H24N2O. The third kappa shape index (κ3) is 2.19. The first kappa shape index (κ1) is 13.1. The molecule has 1 aliphatic heterocycles. The molecular weight excluding hydrogens is 236 g/mol. The Morgan fingerprint density at radius 2 is 2.11 bits per heavy atom. The van der Waals surface area contributed by atoms with Gasteiger partial charge in [0.15, 0.2) is 0 Å². The zero-order chi connectivity index (χ0) is 13.5. The smallest absolute Gasteiger partial charge is 0.0685 e. The Balaban J connectivity index is 1.60. The quantitative estimate of drug-likeness (QED) is 0.831. The van der Waals surface area contributed by atoms with Gasteiger partial charge in [0, 0.05) is 42.9 Å². The van der Waals surface area contributed by atoms with Crippen LogP contribution >= 0.6 is 0 Å². The third-order valence-corrected chi connectivity index (χ3v) is 5.02. The minimum atomic E-state index is 0.300. The Bertz CT molecular complexity index is 432. The van der Waals surface area contributed by atoms with Crippen LogP contribution in [0.25, 0.3) is 0 Å².